The Morgan fingerprint density at radius 2 is 0.750 bits per heavy atom. The molecule has 0 unspecified atom stereocenters. The second-order valence-electron chi connectivity index (χ2n) is 0. The van der Waals surface area contributed by atoms with Crippen LogP contribution in [-0.4, -0.2) is 16.8 Å². The Balaban J connectivity index is 0. The number of hydrogen-bond acceptors (Lipinski definition) is 0. The maximum absolute atomic E-state index is 0. The van der Waals surface area contributed by atoms with Gasteiger partial charge in [0.15, 0.2) is 0 Å². The van der Waals surface area contributed by atoms with Gasteiger partial charge in [0.1, 0.15) is 0 Å². The zero-order chi connectivity index (χ0) is 0. The largest absolute Gasteiger partial charge is 1.00 e. The van der Waals surface area contributed by atoms with Gasteiger partial charge in [0.25, 0.3) is 0 Å². The quantitative estimate of drug-likeness (QED) is 0.251. The van der Waals surface area contributed by atoms with Crippen molar-refractivity contribution in [2.45, 2.75) is 0 Å². The molecule has 0 radical (unpaired) electrons. The first kappa shape index (κ1) is 32.8. The smallest absolute Gasteiger partial charge is 0.0626 e. The van der Waals surface area contributed by atoms with E-state index in [0.29, 0.717) is 0 Å². The molecule has 0 heterocycles. The van der Waals surface area contributed by atoms with Crippen LogP contribution in [0.2, 0.25) is 0 Å². The van der Waals surface area contributed by atoms with Gasteiger partial charge in [0.2, 0.25) is 0 Å². The van der Waals surface area contributed by atoms with Crippen LogP contribution in [-0.2, 0) is 0 Å². The molecule has 16 valence electrons. The standard InChI is InChI=1S/2BH4.K.Li/h2*1H4;;/q2*-1;2*+1. The predicted octanol–water partition coefficient (Wildman–Crippen LogP) is -8.90. The molecule has 0 aromatic carbocycles. The molecule has 0 amide bonds. The van der Waals surface area contributed by atoms with E-state index in [1.54, 1.807) is 0 Å². The number of hydrogen-bond donors (Lipinski definition) is 0. The molecule has 0 aromatic rings. The molecular weight excluding hydrogens is 67.7 g/mol. The van der Waals surface area contributed by atoms with Crippen molar-refractivity contribution in [1.29, 1.82) is 0 Å². The van der Waals surface area contributed by atoms with Crippen LogP contribution in [0.5, 0.6) is 0 Å². The summed E-state index contributed by atoms with van der Waals surface area (Å²) < 4.78 is 0. The van der Waals surface area contributed by atoms with Crippen LogP contribution in [0.15, 0.2) is 0 Å². The van der Waals surface area contributed by atoms with Gasteiger partial charge < -0.3 is 0 Å². The fraction of sp³-hybridized carbons (Fsp3) is 0. The molecular formula is H8B2KLi. The van der Waals surface area contributed by atoms with E-state index in [4.69, 9.17) is 0 Å². The van der Waals surface area contributed by atoms with Crippen LogP contribution >= 0.6 is 0 Å². The average molecular weight is 75.7 g/mol. The Morgan fingerprint density at radius 3 is 0.750 bits per heavy atom. The van der Waals surface area contributed by atoms with Gasteiger partial charge in [-0.3, -0.25) is 0 Å². The van der Waals surface area contributed by atoms with Crippen LogP contribution < -0.4 is 70.2 Å². The van der Waals surface area contributed by atoms with Crippen molar-refractivity contribution in [2.24, 2.45) is 0 Å². The van der Waals surface area contributed by atoms with Gasteiger partial charge in [-0.25, -0.2) is 0 Å². The predicted molar refractivity (Wildman–Crippen MR) is 22.7 cm³/mol. The van der Waals surface area contributed by atoms with Crippen molar-refractivity contribution in [3.8, 4) is 0 Å². The fourth-order valence-corrected chi connectivity index (χ4v) is 0. The van der Waals surface area contributed by atoms with Gasteiger partial charge in [-0.1, -0.05) is 16.8 Å². The molecule has 0 aliphatic rings. The first-order valence-corrected chi connectivity index (χ1v) is 0. The van der Waals surface area contributed by atoms with E-state index in [-0.39, 0.29) is 87.1 Å². The van der Waals surface area contributed by atoms with Crippen LogP contribution in [0.4, 0.5) is 0 Å². The summed E-state index contributed by atoms with van der Waals surface area (Å²) in [6.07, 6.45) is 0. The van der Waals surface area contributed by atoms with E-state index in [0.717, 1.165) is 0 Å². The van der Waals surface area contributed by atoms with E-state index in [2.05, 4.69) is 0 Å². The van der Waals surface area contributed by atoms with Crippen LogP contribution in [0.1, 0.15) is 0 Å². The van der Waals surface area contributed by atoms with E-state index in [1.165, 1.54) is 0 Å². The molecule has 0 saturated carbocycles. The third kappa shape index (κ3) is 8.84. The second kappa shape index (κ2) is 18.3. The molecule has 0 atom stereocenters. The monoisotopic (exact) mass is 76.1 g/mol. The minimum Gasteiger partial charge on any atom is -0.0626 e. The van der Waals surface area contributed by atoms with Crippen LogP contribution in [0.25, 0.3) is 0 Å². The topological polar surface area (TPSA) is 0 Å². The summed E-state index contributed by atoms with van der Waals surface area (Å²) in [5.41, 5.74) is 0. The van der Waals surface area contributed by atoms with E-state index in [1.807, 2.05) is 0 Å². The van der Waals surface area contributed by atoms with Crippen molar-refractivity contribution in [3.63, 3.8) is 0 Å². The zero-order valence-electron chi connectivity index (χ0n) is 2.00. The molecule has 0 N–H and O–H groups in total. The Labute approximate surface area is 85.2 Å². The summed E-state index contributed by atoms with van der Waals surface area (Å²) in [5, 5.41) is 0. The minimum absolute atomic E-state index is 0. The fourth-order valence-electron chi connectivity index (χ4n) is 0. The molecule has 0 aliphatic carbocycles. The van der Waals surface area contributed by atoms with Crippen molar-refractivity contribution < 1.29 is 70.2 Å². The zero-order valence-corrected chi connectivity index (χ0v) is 5.12. The molecule has 0 rings (SSSR count). The van der Waals surface area contributed by atoms with E-state index < -0.39 is 0 Å². The molecule has 0 nitrogen and oxygen atoms in total. The SMILES string of the molecule is [BH4-].[BH4-].[K+].[Li+]. The van der Waals surface area contributed by atoms with Crippen LogP contribution in [0, 0.1) is 0 Å². The Kier molecular flexibility index (Phi) is 150. The van der Waals surface area contributed by atoms with E-state index in [9.17, 15) is 0 Å². The number of rotatable bonds is 0. The first-order chi connectivity index (χ1) is 0. The molecule has 4 heteroatoms. The molecule has 0 bridgehead atoms. The first-order valence-electron chi connectivity index (χ1n) is 0. The van der Waals surface area contributed by atoms with Gasteiger partial charge in [-0.15, -0.1) is 0 Å². The van der Waals surface area contributed by atoms with E-state index >= 15 is 0 Å². The summed E-state index contributed by atoms with van der Waals surface area (Å²) in [7, 11) is 0. The molecule has 0 saturated heterocycles. The Hall–Kier alpha value is 2.36. The van der Waals surface area contributed by atoms with Crippen molar-refractivity contribution in [2.75, 3.05) is 0 Å². The van der Waals surface area contributed by atoms with Gasteiger partial charge >= 0.3 is 70.2 Å². The summed E-state index contributed by atoms with van der Waals surface area (Å²) >= 11 is 0. The van der Waals surface area contributed by atoms with Gasteiger partial charge in [-0.2, -0.15) is 0 Å². The molecule has 0 aliphatic heterocycles. The van der Waals surface area contributed by atoms with Crippen LogP contribution in [0.3, 0.4) is 0 Å². The van der Waals surface area contributed by atoms with Crippen molar-refractivity contribution in [1.82, 2.24) is 0 Å². The van der Waals surface area contributed by atoms with Crippen molar-refractivity contribution in [3.05, 3.63) is 0 Å². The van der Waals surface area contributed by atoms with Gasteiger partial charge in [-0.05, 0) is 0 Å². The summed E-state index contributed by atoms with van der Waals surface area (Å²) in [5.74, 6) is 0. The van der Waals surface area contributed by atoms with Gasteiger partial charge in [0.05, 0.1) is 0 Å². The molecule has 0 fully saturated rings. The third-order valence-corrected chi connectivity index (χ3v) is 0. The molecule has 0 spiro atoms. The molecule has 4 heavy (non-hydrogen) atoms. The summed E-state index contributed by atoms with van der Waals surface area (Å²) in [4.78, 5) is 0. The summed E-state index contributed by atoms with van der Waals surface area (Å²) in [6.45, 7) is 0. The maximum atomic E-state index is 0. The normalized spacial score (nSPS) is 0. The average Bonchev–Trinajstić information content (AvgIpc) is 0. The Bertz CT molecular complexity index is 6.00. The van der Waals surface area contributed by atoms with Gasteiger partial charge in [0, 0.05) is 0 Å². The third-order valence-electron chi connectivity index (χ3n) is 0. The minimum atomic E-state index is 0. The maximum Gasteiger partial charge on any atom is 1.00 e. The van der Waals surface area contributed by atoms with Crippen molar-refractivity contribution >= 4 is 16.8 Å². The second-order valence-corrected chi connectivity index (χ2v) is 0. The molecule has 0 aromatic heterocycles. The summed E-state index contributed by atoms with van der Waals surface area (Å²) in [6, 6.07) is 0. The Morgan fingerprint density at radius 1 is 0.750 bits per heavy atom.